The van der Waals surface area contributed by atoms with Crippen LogP contribution in [0, 0.1) is 11.7 Å². The van der Waals surface area contributed by atoms with Crippen LogP contribution in [0.2, 0.25) is 5.02 Å². The molecular formula is C20H18ClFN2O2S. The van der Waals surface area contributed by atoms with Crippen LogP contribution < -0.4 is 5.56 Å². The standard InChI is InChI=1S/C20H18ClFN2O2S/c1-12(2)10-24-19(26)15-8-7-13(21)9-17(15)23-20(24)27-11-18(25)14-5-3-4-6-16(14)22/h3-9,12H,10-11H2,1-2H3. The summed E-state index contributed by atoms with van der Waals surface area (Å²) < 4.78 is 15.4. The van der Waals surface area contributed by atoms with Crippen molar-refractivity contribution in [3.05, 3.63) is 69.2 Å². The van der Waals surface area contributed by atoms with Crippen molar-refractivity contribution in [1.29, 1.82) is 0 Å². The highest BCUT2D eigenvalue weighted by atomic mass is 35.5. The molecule has 0 bridgehead atoms. The van der Waals surface area contributed by atoms with Crippen molar-refractivity contribution in [2.75, 3.05) is 5.75 Å². The van der Waals surface area contributed by atoms with Gasteiger partial charge in [0, 0.05) is 11.6 Å². The van der Waals surface area contributed by atoms with Gasteiger partial charge in [-0.05, 0) is 36.2 Å². The van der Waals surface area contributed by atoms with E-state index in [9.17, 15) is 14.0 Å². The van der Waals surface area contributed by atoms with Crippen molar-refractivity contribution in [2.45, 2.75) is 25.5 Å². The van der Waals surface area contributed by atoms with Gasteiger partial charge in [-0.15, -0.1) is 0 Å². The maximum absolute atomic E-state index is 13.8. The van der Waals surface area contributed by atoms with Gasteiger partial charge < -0.3 is 0 Å². The number of carbonyl (C=O) groups excluding carboxylic acids is 1. The molecule has 0 spiro atoms. The fourth-order valence-electron chi connectivity index (χ4n) is 2.71. The van der Waals surface area contributed by atoms with Crippen molar-refractivity contribution in [3.63, 3.8) is 0 Å². The van der Waals surface area contributed by atoms with Gasteiger partial charge in [-0.2, -0.15) is 0 Å². The summed E-state index contributed by atoms with van der Waals surface area (Å²) in [6.07, 6.45) is 0. The van der Waals surface area contributed by atoms with Crippen LogP contribution in [0.25, 0.3) is 10.9 Å². The number of nitrogens with zero attached hydrogens (tertiary/aromatic N) is 2. The van der Waals surface area contributed by atoms with Crippen LogP contribution in [0.4, 0.5) is 4.39 Å². The summed E-state index contributed by atoms with van der Waals surface area (Å²) in [4.78, 5) is 29.8. The number of ketones is 1. The maximum atomic E-state index is 13.8. The average Bonchev–Trinajstić information content (AvgIpc) is 2.62. The Kier molecular flexibility index (Phi) is 5.97. The second kappa shape index (κ2) is 8.23. The van der Waals surface area contributed by atoms with Crippen LogP contribution in [-0.2, 0) is 6.54 Å². The predicted molar refractivity (Wildman–Crippen MR) is 107 cm³/mol. The van der Waals surface area contributed by atoms with E-state index in [-0.39, 0.29) is 28.6 Å². The summed E-state index contributed by atoms with van der Waals surface area (Å²) in [5.74, 6) is -0.705. The fourth-order valence-corrected chi connectivity index (χ4v) is 3.76. The molecule has 0 N–H and O–H groups in total. The van der Waals surface area contributed by atoms with Crippen LogP contribution in [-0.4, -0.2) is 21.1 Å². The van der Waals surface area contributed by atoms with Crippen LogP contribution >= 0.6 is 23.4 Å². The van der Waals surface area contributed by atoms with Gasteiger partial charge in [0.05, 0.1) is 22.2 Å². The quantitative estimate of drug-likeness (QED) is 0.336. The Morgan fingerprint density at radius 2 is 2.00 bits per heavy atom. The summed E-state index contributed by atoms with van der Waals surface area (Å²) in [6.45, 7) is 4.47. The molecule has 0 aliphatic rings. The Morgan fingerprint density at radius 1 is 1.26 bits per heavy atom. The molecule has 0 atom stereocenters. The van der Waals surface area contributed by atoms with Crippen LogP contribution in [0.1, 0.15) is 24.2 Å². The summed E-state index contributed by atoms with van der Waals surface area (Å²) in [7, 11) is 0. The van der Waals surface area contributed by atoms with Gasteiger partial charge in [-0.25, -0.2) is 9.37 Å². The van der Waals surface area contributed by atoms with Crippen molar-refractivity contribution in [2.24, 2.45) is 5.92 Å². The number of benzene rings is 2. The van der Waals surface area contributed by atoms with Crippen molar-refractivity contribution < 1.29 is 9.18 Å². The number of carbonyl (C=O) groups is 1. The topological polar surface area (TPSA) is 52.0 Å². The van der Waals surface area contributed by atoms with Gasteiger partial charge in [-0.3, -0.25) is 14.2 Å². The fraction of sp³-hybridized carbons (Fsp3) is 0.250. The molecule has 0 amide bonds. The minimum Gasteiger partial charge on any atom is -0.293 e. The number of thioether (sulfide) groups is 1. The highest BCUT2D eigenvalue weighted by Crippen LogP contribution is 2.22. The molecule has 2 aromatic carbocycles. The lowest BCUT2D eigenvalue weighted by Gasteiger charge is -2.15. The number of Topliss-reactive ketones (excluding diaryl/α,β-unsaturated/α-hetero) is 1. The van der Waals surface area contributed by atoms with E-state index in [2.05, 4.69) is 4.98 Å². The monoisotopic (exact) mass is 404 g/mol. The number of aromatic nitrogens is 2. The maximum Gasteiger partial charge on any atom is 0.262 e. The number of fused-ring (bicyclic) bond motifs is 1. The van der Waals surface area contributed by atoms with E-state index in [4.69, 9.17) is 11.6 Å². The molecule has 1 aromatic heterocycles. The Balaban J connectivity index is 1.98. The van der Waals surface area contributed by atoms with Gasteiger partial charge in [-0.1, -0.05) is 49.3 Å². The van der Waals surface area contributed by atoms with Gasteiger partial charge in [0.15, 0.2) is 10.9 Å². The summed E-state index contributed by atoms with van der Waals surface area (Å²) >= 11 is 7.15. The number of hydrogen-bond acceptors (Lipinski definition) is 4. The molecule has 4 nitrogen and oxygen atoms in total. The molecule has 3 aromatic rings. The van der Waals surface area contributed by atoms with E-state index in [1.54, 1.807) is 28.8 Å². The zero-order valence-corrected chi connectivity index (χ0v) is 16.5. The molecule has 0 saturated carbocycles. The largest absolute Gasteiger partial charge is 0.293 e. The predicted octanol–water partition coefficient (Wildman–Crippen LogP) is 4.82. The first-order valence-electron chi connectivity index (χ1n) is 8.47. The lowest BCUT2D eigenvalue weighted by molar-refractivity contribution is 0.101. The molecule has 1 heterocycles. The molecule has 0 aliphatic carbocycles. The van der Waals surface area contributed by atoms with Crippen LogP contribution in [0.5, 0.6) is 0 Å². The Hall–Kier alpha value is -2.18. The minimum absolute atomic E-state index is 0.0163. The third-order valence-corrected chi connectivity index (χ3v) is 5.15. The third kappa shape index (κ3) is 4.39. The Morgan fingerprint density at radius 3 is 2.70 bits per heavy atom. The molecule has 0 unspecified atom stereocenters. The number of rotatable bonds is 6. The van der Waals surface area contributed by atoms with E-state index >= 15 is 0 Å². The summed E-state index contributed by atoms with van der Waals surface area (Å²) in [5.41, 5.74) is 0.339. The second-order valence-electron chi connectivity index (χ2n) is 6.56. The molecule has 0 radical (unpaired) electrons. The van der Waals surface area contributed by atoms with E-state index < -0.39 is 5.82 Å². The molecule has 0 saturated heterocycles. The molecule has 140 valence electrons. The lowest BCUT2D eigenvalue weighted by Crippen LogP contribution is -2.25. The molecule has 7 heteroatoms. The second-order valence-corrected chi connectivity index (χ2v) is 7.94. The van der Waals surface area contributed by atoms with Crippen molar-refractivity contribution >= 4 is 40.0 Å². The Labute approximate surface area is 165 Å². The molecular weight excluding hydrogens is 387 g/mol. The van der Waals surface area contributed by atoms with E-state index in [0.717, 1.165) is 11.8 Å². The molecule has 3 rings (SSSR count). The van der Waals surface area contributed by atoms with Crippen molar-refractivity contribution in [1.82, 2.24) is 9.55 Å². The number of hydrogen-bond donors (Lipinski definition) is 0. The van der Waals surface area contributed by atoms with Gasteiger partial charge >= 0.3 is 0 Å². The zero-order chi connectivity index (χ0) is 19.6. The third-order valence-electron chi connectivity index (χ3n) is 3.94. The zero-order valence-electron chi connectivity index (χ0n) is 14.9. The molecule has 0 aliphatic heterocycles. The normalized spacial score (nSPS) is 11.3. The lowest BCUT2D eigenvalue weighted by atomic mass is 10.1. The average molecular weight is 405 g/mol. The van der Waals surface area contributed by atoms with Gasteiger partial charge in [0.1, 0.15) is 5.82 Å². The first-order valence-corrected chi connectivity index (χ1v) is 9.84. The Bertz CT molecular complexity index is 1070. The first kappa shape index (κ1) is 19.6. The van der Waals surface area contributed by atoms with Gasteiger partial charge in [0.25, 0.3) is 5.56 Å². The molecule has 0 fully saturated rings. The summed E-state index contributed by atoms with van der Waals surface area (Å²) in [6, 6.07) is 10.8. The van der Waals surface area contributed by atoms with E-state index in [1.807, 2.05) is 13.8 Å². The van der Waals surface area contributed by atoms with Crippen molar-refractivity contribution in [3.8, 4) is 0 Å². The van der Waals surface area contributed by atoms with E-state index in [0.29, 0.717) is 27.6 Å². The van der Waals surface area contributed by atoms with Gasteiger partial charge in [0.2, 0.25) is 0 Å². The smallest absolute Gasteiger partial charge is 0.262 e. The van der Waals surface area contributed by atoms with Crippen LogP contribution in [0.15, 0.2) is 52.4 Å². The highest BCUT2D eigenvalue weighted by Gasteiger charge is 2.16. The first-order chi connectivity index (χ1) is 12.9. The molecule has 27 heavy (non-hydrogen) atoms. The SMILES string of the molecule is CC(C)Cn1c(SCC(=O)c2ccccc2F)nc2cc(Cl)ccc2c1=O. The van der Waals surface area contributed by atoms with E-state index in [1.165, 1.54) is 18.2 Å². The highest BCUT2D eigenvalue weighted by molar-refractivity contribution is 7.99. The minimum atomic E-state index is -0.555. The van der Waals surface area contributed by atoms with Crippen LogP contribution in [0.3, 0.4) is 0 Å². The number of halogens is 2. The summed E-state index contributed by atoms with van der Waals surface area (Å²) in [5, 5.41) is 1.38.